The van der Waals surface area contributed by atoms with E-state index in [4.69, 9.17) is 10.5 Å². The summed E-state index contributed by atoms with van der Waals surface area (Å²) < 4.78 is 4.81. The van der Waals surface area contributed by atoms with E-state index in [9.17, 15) is 9.59 Å². The summed E-state index contributed by atoms with van der Waals surface area (Å²) in [7, 11) is 1.55. The smallest absolute Gasteiger partial charge is 0.321 e. The number of carbonyl (C=O) groups excluding carboxylic acids is 2. The average molecular weight is 302 g/mol. The molecule has 0 heterocycles. The zero-order valence-corrected chi connectivity index (χ0v) is 13.7. The van der Waals surface area contributed by atoms with E-state index in [0.717, 1.165) is 19.5 Å². The van der Waals surface area contributed by atoms with Crippen LogP contribution in [0.25, 0.3) is 0 Å². The highest BCUT2D eigenvalue weighted by molar-refractivity contribution is 5.95. The van der Waals surface area contributed by atoms with Crippen molar-refractivity contribution in [3.05, 3.63) is 0 Å². The molecule has 0 aliphatic rings. The minimum absolute atomic E-state index is 0.0594. The van der Waals surface area contributed by atoms with Crippen LogP contribution >= 0.6 is 0 Å². The summed E-state index contributed by atoms with van der Waals surface area (Å²) in [6, 6.07) is -0.494. The van der Waals surface area contributed by atoms with Crippen molar-refractivity contribution in [3.8, 4) is 0 Å². The van der Waals surface area contributed by atoms with Gasteiger partial charge in [-0.05, 0) is 24.9 Å². The van der Waals surface area contributed by atoms with Crippen molar-refractivity contribution in [3.63, 3.8) is 0 Å². The van der Waals surface area contributed by atoms with E-state index in [0.29, 0.717) is 19.7 Å². The van der Waals surface area contributed by atoms with E-state index in [1.54, 1.807) is 7.11 Å². The van der Waals surface area contributed by atoms with Gasteiger partial charge in [-0.3, -0.25) is 15.0 Å². The van der Waals surface area contributed by atoms with Crippen molar-refractivity contribution in [2.24, 2.45) is 11.1 Å². The number of urea groups is 1. The van der Waals surface area contributed by atoms with Crippen LogP contribution in [-0.2, 0) is 9.53 Å². The third-order valence-corrected chi connectivity index (χ3v) is 2.96. The third-order valence-electron chi connectivity index (χ3n) is 2.96. The van der Waals surface area contributed by atoms with Crippen molar-refractivity contribution in [2.75, 3.05) is 46.4 Å². The first-order valence-corrected chi connectivity index (χ1v) is 7.33. The fraction of sp³-hybridized carbons (Fsp3) is 0.857. The molecule has 124 valence electrons. The number of nitrogens with two attached hydrogens (primary N) is 1. The van der Waals surface area contributed by atoms with E-state index in [2.05, 4.69) is 31.4 Å². The lowest BCUT2D eigenvalue weighted by Crippen LogP contribution is -2.47. The van der Waals surface area contributed by atoms with E-state index in [-0.39, 0.29) is 17.9 Å². The summed E-state index contributed by atoms with van der Waals surface area (Å²) >= 11 is 0. The van der Waals surface area contributed by atoms with E-state index >= 15 is 0 Å². The predicted octanol–water partition coefficient (Wildman–Crippen LogP) is 0.156. The number of nitrogens with one attached hydrogen (secondary N) is 2. The molecule has 0 radical (unpaired) electrons. The maximum atomic E-state index is 11.9. The summed E-state index contributed by atoms with van der Waals surface area (Å²) in [6.45, 7) is 9.20. The quantitative estimate of drug-likeness (QED) is 0.499. The Kier molecular flexibility index (Phi) is 9.94. The van der Waals surface area contributed by atoms with Gasteiger partial charge >= 0.3 is 6.03 Å². The second kappa shape index (κ2) is 10.5. The monoisotopic (exact) mass is 302 g/mol. The van der Waals surface area contributed by atoms with Crippen LogP contribution in [0.4, 0.5) is 4.79 Å². The third kappa shape index (κ3) is 10.2. The minimum Gasteiger partial charge on any atom is -0.383 e. The Bertz CT molecular complexity index is 321. The second-order valence-corrected chi connectivity index (χ2v) is 5.88. The number of methoxy groups -OCH3 is 1. The van der Waals surface area contributed by atoms with Gasteiger partial charge in [0.15, 0.2) is 0 Å². The molecule has 0 atom stereocenters. The molecule has 7 nitrogen and oxygen atoms in total. The summed E-state index contributed by atoms with van der Waals surface area (Å²) in [5.41, 5.74) is 5.67. The predicted molar refractivity (Wildman–Crippen MR) is 83.0 cm³/mol. The molecule has 0 aliphatic heterocycles. The number of amides is 3. The molecule has 21 heavy (non-hydrogen) atoms. The zero-order valence-electron chi connectivity index (χ0n) is 13.7. The largest absolute Gasteiger partial charge is 0.383 e. The van der Waals surface area contributed by atoms with Crippen LogP contribution in [0.2, 0.25) is 0 Å². The lowest BCUT2D eigenvalue weighted by Gasteiger charge is -2.31. The molecule has 7 heteroatoms. The van der Waals surface area contributed by atoms with Crippen molar-refractivity contribution in [1.82, 2.24) is 15.5 Å². The fourth-order valence-corrected chi connectivity index (χ4v) is 1.88. The Balaban J connectivity index is 4.25. The van der Waals surface area contributed by atoms with Crippen LogP contribution < -0.4 is 16.4 Å². The SMILES string of the molecule is CCCN(CC(=O)NC(=O)NCCOC)CC(C)(C)CN. The first kappa shape index (κ1) is 19.8. The van der Waals surface area contributed by atoms with Crippen LogP contribution in [0.1, 0.15) is 27.2 Å². The number of rotatable bonds is 10. The molecular weight excluding hydrogens is 272 g/mol. The molecule has 0 aromatic rings. The lowest BCUT2D eigenvalue weighted by molar-refractivity contribution is -0.121. The first-order chi connectivity index (χ1) is 9.84. The van der Waals surface area contributed by atoms with E-state index in [1.807, 2.05) is 4.90 Å². The zero-order chi connectivity index (χ0) is 16.3. The molecule has 0 unspecified atom stereocenters. The molecule has 0 spiro atoms. The Hall–Kier alpha value is -1.18. The molecule has 3 amide bonds. The van der Waals surface area contributed by atoms with Gasteiger partial charge in [0.25, 0.3) is 0 Å². The van der Waals surface area contributed by atoms with E-state index in [1.165, 1.54) is 0 Å². The number of nitrogens with zero attached hydrogens (tertiary/aromatic N) is 1. The molecule has 0 rings (SSSR count). The number of imide groups is 1. The summed E-state index contributed by atoms with van der Waals surface area (Å²) in [5, 5.41) is 4.86. The van der Waals surface area contributed by atoms with Crippen LogP contribution in [0.15, 0.2) is 0 Å². The van der Waals surface area contributed by atoms with Crippen molar-refractivity contribution in [2.45, 2.75) is 27.2 Å². The van der Waals surface area contributed by atoms with Gasteiger partial charge < -0.3 is 15.8 Å². The average Bonchev–Trinajstić information content (AvgIpc) is 2.38. The van der Waals surface area contributed by atoms with Crippen LogP contribution in [0.5, 0.6) is 0 Å². The van der Waals surface area contributed by atoms with Gasteiger partial charge in [-0.15, -0.1) is 0 Å². The molecule has 0 aliphatic carbocycles. The number of hydrogen-bond acceptors (Lipinski definition) is 5. The molecular formula is C14H30N4O3. The fourth-order valence-electron chi connectivity index (χ4n) is 1.88. The Labute approximate surface area is 127 Å². The van der Waals surface area contributed by atoms with Crippen molar-refractivity contribution in [1.29, 1.82) is 0 Å². The van der Waals surface area contributed by atoms with Gasteiger partial charge in [-0.1, -0.05) is 20.8 Å². The summed E-state index contributed by atoms with van der Waals surface area (Å²) in [5.74, 6) is -0.314. The van der Waals surface area contributed by atoms with Crippen LogP contribution in [0, 0.1) is 5.41 Å². The number of carbonyl (C=O) groups is 2. The minimum atomic E-state index is -0.494. The van der Waals surface area contributed by atoms with Crippen LogP contribution in [0.3, 0.4) is 0 Å². The van der Waals surface area contributed by atoms with Gasteiger partial charge in [0.2, 0.25) is 5.91 Å². The van der Waals surface area contributed by atoms with Gasteiger partial charge in [0.1, 0.15) is 0 Å². The molecule has 0 saturated heterocycles. The Morgan fingerprint density at radius 3 is 2.52 bits per heavy atom. The van der Waals surface area contributed by atoms with Gasteiger partial charge in [0, 0.05) is 20.2 Å². The number of ether oxygens (including phenoxy) is 1. The van der Waals surface area contributed by atoms with Gasteiger partial charge in [0.05, 0.1) is 13.2 Å². The van der Waals surface area contributed by atoms with Gasteiger partial charge in [-0.2, -0.15) is 0 Å². The highest BCUT2D eigenvalue weighted by Crippen LogP contribution is 2.14. The molecule has 0 saturated carbocycles. The van der Waals surface area contributed by atoms with Crippen molar-refractivity contribution >= 4 is 11.9 Å². The summed E-state index contributed by atoms with van der Waals surface area (Å²) in [6.07, 6.45) is 0.938. The molecule has 0 bridgehead atoms. The lowest BCUT2D eigenvalue weighted by atomic mass is 9.93. The van der Waals surface area contributed by atoms with E-state index < -0.39 is 6.03 Å². The number of hydrogen-bond donors (Lipinski definition) is 3. The Morgan fingerprint density at radius 2 is 2.00 bits per heavy atom. The molecule has 0 aromatic carbocycles. The molecule has 4 N–H and O–H groups in total. The summed E-state index contributed by atoms with van der Waals surface area (Å²) in [4.78, 5) is 25.4. The maximum absolute atomic E-state index is 11.9. The highest BCUT2D eigenvalue weighted by Gasteiger charge is 2.21. The second-order valence-electron chi connectivity index (χ2n) is 5.88. The standard InChI is InChI=1S/C14H30N4O3/c1-5-7-18(11-14(2,3)10-15)9-12(19)17-13(20)16-6-8-21-4/h5-11,15H2,1-4H3,(H2,16,17,19,20). The maximum Gasteiger partial charge on any atom is 0.321 e. The van der Waals surface area contributed by atoms with Crippen LogP contribution in [-0.4, -0.2) is 63.3 Å². The first-order valence-electron chi connectivity index (χ1n) is 7.33. The molecule has 0 aromatic heterocycles. The van der Waals surface area contributed by atoms with Crippen molar-refractivity contribution < 1.29 is 14.3 Å². The normalized spacial score (nSPS) is 11.5. The highest BCUT2D eigenvalue weighted by atomic mass is 16.5. The molecule has 0 fully saturated rings. The Morgan fingerprint density at radius 1 is 1.33 bits per heavy atom. The topological polar surface area (TPSA) is 96.7 Å². The van der Waals surface area contributed by atoms with Gasteiger partial charge in [-0.25, -0.2) is 4.79 Å².